The molecule has 1 aliphatic carbocycles. The highest BCUT2D eigenvalue weighted by molar-refractivity contribution is 5.79. The molecule has 5 heteroatoms. The van der Waals surface area contributed by atoms with Crippen molar-refractivity contribution >= 4 is 5.91 Å². The van der Waals surface area contributed by atoms with Gasteiger partial charge in [0.15, 0.2) is 0 Å². The normalized spacial score (nSPS) is 26.4. The van der Waals surface area contributed by atoms with Crippen LogP contribution in [0.15, 0.2) is 0 Å². The quantitative estimate of drug-likeness (QED) is 0.763. The largest absolute Gasteiger partial charge is 0.379 e. The summed E-state index contributed by atoms with van der Waals surface area (Å²) >= 11 is 0. The molecule has 0 atom stereocenters. The van der Waals surface area contributed by atoms with Crippen LogP contribution in [0.3, 0.4) is 0 Å². The van der Waals surface area contributed by atoms with E-state index in [9.17, 15) is 4.79 Å². The Morgan fingerprint density at radius 3 is 2.24 bits per heavy atom. The second-order valence-corrected chi connectivity index (χ2v) is 6.60. The topological polar surface area (TPSA) is 36.0 Å². The Morgan fingerprint density at radius 1 is 0.857 bits per heavy atom. The van der Waals surface area contributed by atoms with Gasteiger partial charge in [-0.05, 0) is 25.8 Å². The Morgan fingerprint density at radius 2 is 1.57 bits per heavy atom. The molecule has 0 bridgehead atoms. The van der Waals surface area contributed by atoms with Crippen LogP contribution in [-0.4, -0.2) is 86.2 Å². The Hall–Kier alpha value is -0.650. The maximum atomic E-state index is 12.3. The minimum absolute atomic E-state index is 0.352. The second-order valence-electron chi connectivity index (χ2n) is 6.60. The van der Waals surface area contributed by atoms with Gasteiger partial charge < -0.3 is 14.5 Å². The number of morpholine rings is 1. The van der Waals surface area contributed by atoms with Crippen LogP contribution in [0.4, 0.5) is 0 Å². The molecule has 120 valence electrons. The lowest BCUT2D eigenvalue weighted by Gasteiger charge is -2.31. The van der Waals surface area contributed by atoms with Crippen molar-refractivity contribution in [2.45, 2.75) is 25.7 Å². The number of ether oxygens (including phenoxy) is 1. The molecular weight excluding hydrogens is 266 g/mol. The fraction of sp³-hybridized carbons (Fsp3) is 0.938. The van der Waals surface area contributed by atoms with Crippen LogP contribution >= 0.6 is 0 Å². The first kappa shape index (κ1) is 15.3. The SMILES string of the molecule is O=C(C1CCC1)N1CCCN(CCN2CCOCC2)CC1. The lowest BCUT2D eigenvalue weighted by molar-refractivity contribution is -0.138. The first-order valence-corrected chi connectivity index (χ1v) is 8.64. The maximum absolute atomic E-state index is 12.3. The zero-order valence-electron chi connectivity index (χ0n) is 13.1. The molecule has 1 saturated carbocycles. The van der Waals surface area contributed by atoms with Crippen molar-refractivity contribution in [1.82, 2.24) is 14.7 Å². The third kappa shape index (κ3) is 4.18. The van der Waals surface area contributed by atoms with Gasteiger partial charge in [0, 0.05) is 51.7 Å². The molecule has 5 nitrogen and oxygen atoms in total. The van der Waals surface area contributed by atoms with Gasteiger partial charge in [0.2, 0.25) is 5.91 Å². The van der Waals surface area contributed by atoms with Crippen LogP contribution in [0.2, 0.25) is 0 Å². The number of hydrogen-bond acceptors (Lipinski definition) is 4. The summed E-state index contributed by atoms with van der Waals surface area (Å²) in [6, 6.07) is 0. The first-order chi connectivity index (χ1) is 10.3. The van der Waals surface area contributed by atoms with Crippen LogP contribution in [0.25, 0.3) is 0 Å². The zero-order valence-corrected chi connectivity index (χ0v) is 13.1. The zero-order chi connectivity index (χ0) is 14.5. The molecule has 21 heavy (non-hydrogen) atoms. The van der Waals surface area contributed by atoms with Crippen LogP contribution in [-0.2, 0) is 9.53 Å². The van der Waals surface area contributed by atoms with E-state index in [0.717, 1.165) is 84.8 Å². The van der Waals surface area contributed by atoms with Gasteiger partial charge in [-0.3, -0.25) is 9.69 Å². The van der Waals surface area contributed by atoms with Crippen molar-refractivity contribution < 1.29 is 9.53 Å². The van der Waals surface area contributed by atoms with E-state index in [0.29, 0.717) is 11.8 Å². The van der Waals surface area contributed by atoms with E-state index in [4.69, 9.17) is 4.74 Å². The minimum atomic E-state index is 0.352. The summed E-state index contributed by atoms with van der Waals surface area (Å²) in [4.78, 5) is 19.5. The molecule has 0 N–H and O–H groups in total. The van der Waals surface area contributed by atoms with Crippen molar-refractivity contribution in [3.05, 3.63) is 0 Å². The Labute approximate surface area is 128 Å². The summed E-state index contributed by atoms with van der Waals surface area (Å²) in [7, 11) is 0. The fourth-order valence-electron chi connectivity index (χ4n) is 3.44. The van der Waals surface area contributed by atoms with Gasteiger partial charge >= 0.3 is 0 Å². The molecule has 3 rings (SSSR count). The number of carbonyl (C=O) groups is 1. The molecule has 0 unspecified atom stereocenters. The van der Waals surface area contributed by atoms with E-state index in [2.05, 4.69) is 14.7 Å². The third-order valence-electron chi connectivity index (χ3n) is 5.19. The van der Waals surface area contributed by atoms with Crippen molar-refractivity contribution in [3.63, 3.8) is 0 Å². The number of nitrogens with zero attached hydrogens (tertiary/aromatic N) is 3. The molecule has 3 fully saturated rings. The number of rotatable bonds is 4. The van der Waals surface area contributed by atoms with Gasteiger partial charge in [0.05, 0.1) is 13.2 Å². The molecule has 0 aromatic carbocycles. The van der Waals surface area contributed by atoms with Crippen molar-refractivity contribution in [2.75, 3.05) is 65.6 Å². The lowest BCUT2D eigenvalue weighted by atomic mass is 9.84. The van der Waals surface area contributed by atoms with E-state index in [-0.39, 0.29) is 0 Å². The maximum Gasteiger partial charge on any atom is 0.225 e. The van der Waals surface area contributed by atoms with Gasteiger partial charge in [-0.1, -0.05) is 6.42 Å². The molecule has 3 aliphatic rings. The van der Waals surface area contributed by atoms with Crippen molar-refractivity contribution in [3.8, 4) is 0 Å². The molecule has 2 saturated heterocycles. The number of amides is 1. The van der Waals surface area contributed by atoms with E-state index in [1.54, 1.807) is 0 Å². The molecule has 2 heterocycles. The van der Waals surface area contributed by atoms with E-state index in [1.165, 1.54) is 6.42 Å². The highest BCUT2D eigenvalue weighted by atomic mass is 16.5. The molecule has 2 aliphatic heterocycles. The summed E-state index contributed by atoms with van der Waals surface area (Å²) in [6.45, 7) is 10.2. The second kappa shape index (κ2) is 7.56. The highest BCUT2D eigenvalue weighted by Gasteiger charge is 2.30. The summed E-state index contributed by atoms with van der Waals surface area (Å²) in [5.41, 5.74) is 0. The fourth-order valence-corrected chi connectivity index (χ4v) is 3.44. The average Bonchev–Trinajstić information content (AvgIpc) is 2.70. The van der Waals surface area contributed by atoms with E-state index < -0.39 is 0 Å². The van der Waals surface area contributed by atoms with E-state index in [1.807, 2.05) is 0 Å². The Balaban J connectivity index is 1.39. The van der Waals surface area contributed by atoms with E-state index >= 15 is 0 Å². The number of carbonyl (C=O) groups excluding carboxylic acids is 1. The predicted molar refractivity (Wildman–Crippen MR) is 82.2 cm³/mol. The minimum Gasteiger partial charge on any atom is -0.379 e. The monoisotopic (exact) mass is 295 g/mol. The van der Waals surface area contributed by atoms with Crippen LogP contribution < -0.4 is 0 Å². The van der Waals surface area contributed by atoms with Crippen LogP contribution in [0, 0.1) is 5.92 Å². The smallest absolute Gasteiger partial charge is 0.225 e. The predicted octanol–water partition coefficient (Wildman–Crippen LogP) is 0.653. The highest BCUT2D eigenvalue weighted by Crippen LogP contribution is 2.28. The number of hydrogen-bond donors (Lipinski definition) is 0. The molecule has 1 amide bonds. The standard InChI is InChI=1S/C16H29N3O2/c20-16(15-3-1-4-15)19-6-2-5-17(9-10-19)7-8-18-11-13-21-14-12-18/h15H,1-14H2. The first-order valence-electron chi connectivity index (χ1n) is 8.64. The Bertz CT molecular complexity index is 340. The summed E-state index contributed by atoms with van der Waals surface area (Å²) < 4.78 is 5.39. The molecule has 0 aromatic rings. The molecular formula is C16H29N3O2. The Kier molecular flexibility index (Phi) is 5.49. The van der Waals surface area contributed by atoms with Crippen molar-refractivity contribution in [1.29, 1.82) is 0 Å². The van der Waals surface area contributed by atoms with Gasteiger partial charge in [0.1, 0.15) is 0 Å². The summed E-state index contributed by atoms with van der Waals surface area (Å²) in [5, 5.41) is 0. The summed E-state index contributed by atoms with van der Waals surface area (Å²) in [5.74, 6) is 0.779. The third-order valence-corrected chi connectivity index (χ3v) is 5.19. The van der Waals surface area contributed by atoms with Crippen molar-refractivity contribution in [2.24, 2.45) is 5.92 Å². The molecule has 0 aromatic heterocycles. The van der Waals surface area contributed by atoms with Gasteiger partial charge in [0.25, 0.3) is 0 Å². The molecule has 0 radical (unpaired) electrons. The van der Waals surface area contributed by atoms with Crippen LogP contribution in [0.1, 0.15) is 25.7 Å². The molecule has 0 spiro atoms. The van der Waals surface area contributed by atoms with Gasteiger partial charge in [-0.15, -0.1) is 0 Å². The van der Waals surface area contributed by atoms with Gasteiger partial charge in [-0.25, -0.2) is 0 Å². The average molecular weight is 295 g/mol. The lowest BCUT2D eigenvalue weighted by Crippen LogP contribution is -2.43. The van der Waals surface area contributed by atoms with Gasteiger partial charge in [-0.2, -0.15) is 0 Å². The summed E-state index contributed by atoms with van der Waals surface area (Å²) in [6.07, 6.45) is 4.61. The van der Waals surface area contributed by atoms with Crippen LogP contribution in [0.5, 0.6) is 0 Å².